The number of hydrogen-bond acceptors (Lipinski definition) is 5. The molecule has 33 heavy (non-hydrogen) atoms. The number of carbonyl (C=O) groups is 1. The maximum absolute atomic E-state index is 13.2. The van der Waals surface area contributed by atoms with Crippen molar-refractivity contribution in [2.75, 3.05) is 36.5 Å². The van der Waals surface area contributed by atoms with Crippen molar-refractivity contribution in [3.8, 4) is 11.1 Å². The summed E-state index contributed by atoms with van der Waals surface area (Å²) in [4.78, 5) is 23.2. The number of aromatic nitrogens is 4. The third kappa shape index (κ3) is 3.60. The molecule has 4 heterocycles. The van der Waals surface area contributed by atoms with Gasteiger partial charge in [-0.1, -0.05) is 18.2 Å². The first-order valence-corrected chi connectivity index (χ1v) is 10.9. The molecule has 0 radical (unpaired) electrons. The van der Waals surface area contributed by atoms with Crippen LogP contribution in [0, 0.1) is 0 Å². The number of nitrogens with zero attached hydrogens (tertiary/aromatic N) is 3. The van der Waals surface area contributed by atoms with Gasteiger partial charge in [-0.3, -0.25) is 9.89 Å². The Morgan fingerprint density at radius 3 is 2.79 bits per heavy atom. The number of ether oxygens (including phenoxy) is 1. The normalized spacial score (nSPS) is 14.1. The van der Waals surface area contributed by atoms with Crippen molar-refractivity contribution in [3.63, 3.8) is 0 Å². The lowest BCUT2D eigenvalue weighted by atomic mass is 9.99. The molecule has 1 aliphatic rings. The van der Waals surface area contributed by atoms with E-state index in [0.29, 0.717) is 24.6 Å². The highest BCUT2D eigenvalue weighted by atomic mass is 16.5. The number of benzene rings is 2. The lowest BCUT2D eigenvalue weighted by molar-refractivity contribution is 0.102. The van der Waals surface area contributed by atoms with Crippen molar-refractivity contribution in [2.45, 2.75) is 0 Å². The van der Waals surface area contributed by atoms with Crippen LogP contribution in [0.1, 0.15) is 10.5 Å². The van der Waals surface area contributed by atoms with E-state index in [-0.39, 0.29) is 5.91 Å². The first-order valence-electron chi connectivity index (χ1n) is 10.9. The predicted molar refractivity (Wildman–Crippen MR) is 129 cm³/mol. The van der Waals surface area contributed by atoms with Gasteiger partial charge in [0, 0.05) is 35.6 Å². The smallest absolute Gasteiger partial charge is 0.274 e. The maximum Gasteiger partial charge on any atom is 0.274 e. The highest BCUT2D eigenvalue weighted by Crippen LogP contribution is 2.34. The van der Waals surface area contributed by atoms with E-state index in [0.717, 1.165) is 51.8 Å². The molecule has 0 unspecified atom stereocenters. The second-order valence-electron chi connectivity index (χ2n) is 8.03. The first kappa shape index (κ1) is 19.5. The lowest BCUT2D eigenvalue weighted by Crippen LogP contribution is -2.37. The van der Waals surface area contributed by atoms with E-state index in [2.05, 4.69) is 48.6 Å². The molecule has 1 aliphatic heterocycles. The topological polar surface area (TPSA) is 98.9 Å². The molecule has 1 fully saturated rings. The van der Waals surface area contributed by atoms with Crippen LogP contribution < -0.4 is 10.2 Å². The van der Waals surface area contributed by atoms with Crippen molar-refractivity contribution < 1.29 is 9.53 Å². The molecule has 6 rings (SSSR count). The summed E-state index contributed by atoms with van der Waals surface area (Å²) in [7, 11) is 0. The largest absolute Gasteiger partial charge is 0.378 e. The molecule has 2 aromatic carbocycles. The number of nitrogens with one attached hydrogen (secondary N) is 3. The summed E-state index contributed by atoms with van der Waals surface area (Å²) < 4.78 is 5.42. The number of H-pyrrole nitrogens is 2. The molecule has 1 saturated heterocycles. The molecule has 5 aromatic rings. The zero-order valence-corrected chi connectivity index (χ0v) is 17.8. The Labute approximate surface area is 189 Å². The van der Waals surface area contributed by atoms with E-state index in [1.807, 2.05) is 36.5 Å². The Balaban J connectivity index is 1.36. The van der Waals surface area contributed by atoms with Gasteiger partial charge in [0.15, 0.2) is 0 Å². The number of fused-ring (bicyclic) bond motifs is 2. The summed E-state index contributed by atoms with van der Waals surface area (Å²) in [6.07, 6.45) is 3.65. The van der Waals surface area contributed by atoms with Crippen molar-refractivity contribution in [1.29, 1.82) is 0 Å². The Bertz CT molecular complexity index is 1460. The van der Waals surface area contributed by atoms with Crippen LogP contribution in [0.5, 0.6) is 0 Å². The van der Waals surface area contributed by atoms with Crippen molar-refractivity contribution in [1.82, 2.24) is 20.2 Å². The SMILES string of the molecule is O=C(Nc1cc(-c2cccc3[nH]ccc23)cc2[nH]ncc12)c1cccc(N2CCOCC2)n1. The molecule has 8 heteroatoms. The van der Waals surface area contributed by atoms with Crippen molar-refractivity contribution in [3.05, 3.63) is 72.7 Å². The summed E-state index contributed by atoms with van der Waals surface area (Å²) in [5.74, 6) is 0.525. The molecular weight excluding hydrogens is 416 g/mol. The van der Waals surface area contributed by atoms with Gasteiger partial charge >= 0.3 is 0 Å². The van der Waals surface area contributed by atoms with E-state index in [9.17, 15) is 4.79 Å². The number of anilines is 2. The third-order valence-electron chi connectivity index (χ3n) is 6.01. The second-order valence-corrected chi connectivity index (χ2v) is 8.03. The van der Waals surface area contributed by atoms with E-state index in [1.54, 1.807) is 12.3 Å². The van der Waals surface area contributed by atoms with Gasteiger partial charge in [0.05, 0.1) is 30.6 Å². The molecule has 1 amide bonds. The van der Waals surface area contributed by atoms with E-state index < -0.39 is 0 Å². The predicted octanol–water partition coefficient (Wildman–Crippen LogP) is 4.20. The summed E-state index contributed by atoms with van der Waals surface area (Å²) in [6, 6.07) is 17.8. The standard InChI is InChI=1S/C25H22N6O2/c32-25(21-5-2-6-24(28-21)31-9-11-33-12-10-31)29-22-13-16(14-23-19(22)15-27-30-23)17-3-1-4-20-18(17)7-8-26-20/h1-8,13-15,26H,9-12H2,(H,27,30)(H,29,32). The number of hydrogen-bond donors (Lipinski definition) is 3. The number of pyridine rings is 1. The fourth-order valence-corrected chi connectivity index (χ4v) is 4.35. The average molecular weight is 438 g/mol. The molecule has 8 nitrogen and oxygen atoms in total. The Kier molecular flexibility index (Phi) is 4.77. The summed E-state index contributed by atoms with van der Waals surface area (Å²) >= 11 is 0. The highest BCUT2D eigenvalue weighted by molar-refractivity contribution is 6.09. The second kappa shape index (κ2) is 8.07. The molecule has 164 valence electrons. The quantitative estimate of drug-likeness (QED) is 0.391. The van der Waals surface area contributed by atoms with Crippen LogP contribution in [0.2, 0.25) is 0 Å². The molecule has 0 saturated carbocycles. The minimum Gasteiger partial charge on any atom is -0.378 e. The molecule has 0 bridgehead atoms. The molecule has 3 aromatic heterocycles. The van der Waals surface area contributed by atoms with E-state index >= 15 is 0 Å². The van der Waals surface area contributed by atoms with Gasteiger partial charge in [-0.15, -0.1) is 0 Å². The van der Waals surface area contributed by atoms with E-state index in [4.69, 9.17) is 4.74 Å². The van der Waals surface area contributed by atoms with Gasteiger partial charge < -0.3 is 19.9 Å². The first-order chi connectivity index (χ1) is 16.3. The zero-order valence-electron chi connectivity index (χ0n) is 17.8. The molecule has 0 atom stereocenters. The fraction of sp³-hybridized carbons (Fsp3) is 0.160. The molecule has 0 aliphatic carbocycles. The number of aromatic amines is 2. The van der Waals surface area contributed by atoms with Crippen LogP contribution in [-0.2, 0) is 4.74 Å². The molecular formula is C25H22N6O2. The van der Waals surface area contributed by atoms with Crippen LogP contribution >= 0.6 is 0 Å². The monoisotopic (exact) mass is 438 g/mol. The highest BCUT2D eigenvalue weighted by Gasteiger charge is 2.17. The lowest BCUT2D eigenvalue weighted by Gasteiger charge is -2.27. The average Bonchev–Trinajstić information content (AvgIpc) is 3.54. The van der Waals surface area contributed by atoms with Gasteiger partial charge in [0.1, 0.15) is 11.5 Å². The van der Waals surface area contributed by atoms with Gasteiger partial charge in [-0.25, -0.2) is 4.98 Å². The van der Waals surface area contributed by atoms with Crippen molar-refractivity contribution in [2.24, 2.45) is 0 Å². The number of rotatable bonds is 4. The number of carbonyl (C=O) groups excluding carboxylic acids is 1. The van der Waals surface area contributed by atoms with Crippen LogP contribution in [0.4, 0.5) is 11.5 Å². The summed E-state index contributed by atoms with van der Waals surface area (Å²) in [5, 5.41) is 12.2. The Morgan fingerprint density at radius 2 is 1.88 bits per heavy atom. The number of amides is 1. The van der Waals surface area contributed by atoms with Crippen molar-refractivity contribution >= 4 is 39.2 Å². The molecule has 0 spiro atoms. The minimum absolute atomic E-state index is 0.260. The van der Waals surface area contributed by atoms with Crippen LogP contribution in [0.25, 0.3) is 32.9 Å². The minimum atomic E-state index is -0.260. The summed E-state index contributed by atoms with van der Waals surface area (Å²) in [6.45, 7) is 2.86. The Hall–Kier alpha value is -4.17. The van der Waals surface area contributed by atoms with Gasteiger partial charge in [-0.2, -0.15) is 5.10 Å². The maximum atomic E-state index is 13.2. The number of morpholine rings is 1. The van der Waals surface area contributed by atoms with Gasteiger partial charge in [-0.05, 0) is 47.5 Å². The van der Waals surface area contributed by atoms with Gasteiger partial charge in [0.2, 0.25) is 0 Å². The Morgan fingerprint density at radius 1 is 1.00 bits per heavy atom. The van der Waals surface area contributed by atoms with Crippen LogP contribution in [0.3, 0.4) is 0 Å². The van der Waals surface area contributed by atoms with Crippen LogP contribution in [0.15, 0.2) is 67.0 Å². The van der Waals surface area contributed by atoms with Crippen LogP contribution in [-0.4, -0.2) is 52.4 Å². The zero-order chi connectivity index (χ0) is 22.2. The van der Waals surface area contributed by atoms with Gasteiger partial charge in [0.25, 0.3) is 5.91 Å². The third-order valence-corrected chi connectivity index (χ3v) is 6.01. The summed E-state index contributed by atoms with van der Waals surface area (Å²) in [5.41, 5.74) is 5.04. The van der Waals surface area contributed by atoms with E-state index in [1.165, 1.54) is 0 Å². The fourth-order valence-electron chi connectivity index (χ4n) is 4.35. The molecule has 3 N–H and O–H groups in total.